The SMILES string of the molecule is CC(C)NCC(Cc1ccn(C)n1)c1ccccc1Cl. The predicted molar refractivity (Wildman–Crippen MR) is 84.2 cm³/mol. The Morgan fingerprint density at radius 1 is 1.25 bits per heavy atom. The van der Waals surface area contributed by atoms with E-state index in [0.29, 0.717) is 12.0 Å². The van der Waals surface area contributed by atoms with Gasteiger partial charge in [0.2, 0.25) is 0 Å². The van der Waals surface area contributed by atoms with E-state index in [4.69, 9.17) is 11.6 Å². The van der Waals surface area contributed by atoms with Crippen LogP contribution in [0.25, 0.3) is 0 Å². The average Bonchev–Trinajstić information content (AvgIpc) is 2.81. The highest BCUT2D eigenvalue weighted by atomic mass is 35.5. The maximum Gasteiger partial charge on any atom is 0.0631 e. The second-order valence-electron chi connectivity index (χ2n) is 5.47. The van der Waals surface area contributed by atoms with Crippen molar-refractivity contribution in [3.05, 3.63) is 52.8 Å². The minimum atomic E-state index is 0.334. The summed E-state index contributed by atoms with van der Waals surface area (Å²) in [7, 11) is 1.94. The summed E-state index contributed by atoms with van der Waals surface area (Å²) < 4.78 is 1.84. The molecule has 1 N–H and O–H groups in total. The number of aromatic nitrogens is 2. The first kappa shape index (κ1) is 15.1. The standard InChI is InChI=1S/C16H22ClN3/c1-12(2)18-11-13(10-14-8-9-20(3)19-14)15-6-4-5-7-16(15)17/h4-9,12-13,18H,10-11H2,1-3H3. The summed E-state index contributed by atoms with van der Waals surface area (Å²) in [5.74, 6) is 0.334. The summed E-state index contributed by atoms with van der Waals surface area (Å²) in [4.78, 5) is 0. The lowest BCUT2D eigenvalue weighted by Crippen LogP contribution is -2.29. The average molecular weight is 292 g/mol. The van der Waals surface area contributed by atoms with E-state index in [2.05, 4.69) is 36.4 Å². The first-order chi connectivity index (χ1) is 9.56. The van der Waals surface area contributed by atoms with Gasteiger partial charge in [-0.15, -0.1) is 0 Å². The molecule has 0 saturated heterocycles. The van der Waals surface area contributed by atoms with Gasteiger partial charge in [-0.2, -0.15) is 5.10 Å². The van der Waals surface area contributed by atoms with E-state index >= 15 is 0 Å². The Balaban J connectivity index is 2.18. The summed E-state index contributed by atoms with van der Waals surface area (Å²) in [5, 5.41) is 8.82. The van der Waals surface area contributed by atoms with Gasteiger partial charge in [-0.25, -0.2) is 0 Å². The maximum absolute atomic E-state index is 6.35. The van der Waals surface area contributed by atoms with Crippen LogP contribution in [0.1, 0.15) is 31.0 Å². The molecular formula is C16H22ClN3. The quantitative estimate of drug-likeness (QED) is 0.884. The lowest BCUT2D eigenvalue weighted by atomic mass is 9.94. The largest absolute Gasteiger partial charge is 0.314 e. The van der Waals surface area contributed by atoms with Crippen molar-refractivity contribution in [2.75, 3.05) is 6.54 Å². The van der Waals surface area contributed by atoms with E-state index in [-0.39, 0.29) is 0 Å². The highest BCUT2D eigenvalue weighted by molar-refractivity contribution is 6.31. The van der Waals surface area contributed by atoms with Gasteiger partial charge in [0.05, 0.1) is 5.69 Å². The molecule has 0 spiro atoms. The van der Waals surface area contributed by atoms with Crippen molar-refractivity contribution in [3.8, 4) is 0 Å². The van der Waals surface area contributed by atoms with Gasteiger partial charge in [-0.05, 0) is 24.1 Å². The van der Waals surface area contributed by atoms with Crippen LogP contribution in [0, 0.1) is 0 Å². The number of rotatable bonds is 6. The predicted octanol–water partition coefficient (Wildman–Crippen LogP) is 3.40. The van der Waals surface area contributed by atoms with Crippen LogP contribution in [0.3, 0.4) is 0 Å². The van der Waals surface area contributed by atoms with Gasteiger partial charge in [-0.3, -0.25) is 4.68 Å². The molecule has 1 aromatic heterocycles. The highest BCUT2D eigenvalue weighted by Crippen LogP contribution is 2.26. The third-order valence-corrected chi connectivity index (χ3v) is 3.69. The van der Waals surface area contributed by atoms with Crippen LogP contribution in [0.2, 0.25) is 5.02 Å². The van der Waals surface area contributed by atoms with Gasteiger partial charge in [0.15, 0.2) is 0 Å². The smallest absolute Gasteiger partial charge is 0.0631 e. The monoisotopic (exact) mass is 291 g/mol. The number of hydrogen-bond donors (Lipinski definition) is 1. The zero-order chi connectivity index (χ0) is 14.5. The second-order valence-corrected chi connectivity index (χ2v) is 5.87. The number of aryl methyl sites for hydroxylation is 1. The van der Waals surface area contributed by atoms with Crippen LogP contribution in [0.5, 0.6) is 0 Å². The Bertz CT molecular complexity index is 548. The fourth-order valence-electron chi connectivity index (χ4n) is 2.30. The van der Waals surface area contributed by atoms with E-state index in [0.717, 1.165) is 23.7 Å². The van der Waals surface area contributed by atoms with Gasteiger partial charge in [0.1, 0.15) is 0 Å². The molecular weight excluding hydrogens is 270 g/mol. The van der Waals surface area contributed by atoms with Crippen LogP contribution in [0.4, 0.5) is 0 Å². The molecule has 2 aromatic rings. The van der Waals surface area contributed by atoms with Crippen LogP contribution < -0.4 is 5.32 Å². The summed E-state index contributed by atoms with van der Waals surface area (Å²) in [6.45, 7) is 5.22. The number of nitrogens with zero attached hydrogens (tertiary/aromatic N) is 2. The summed E-state index contributed by atoms with van der Waals surface area (Å²) >= 11 is 6.35. The molecule has 1 atom stereocenters. The molecule has 0 fully saturated rings. The Kier molecular flexibility index (Phi) is 5.21. The van der Waals surface area contributed by atoms with Gasteiger partial charge in [0, 0.05) is 36.8 Å². The molecule has 0 bridgehead atoms. The maximum atomic E-state index is 6.35. The molecule has 0 aliphatic rings. The molecule has 20 heavy (non-hydrogen) atoms. The normalized spacial score (nSPS) is 12.8. The Labute approximate surface area is 126 Å². The fraction of sp³-hybridized carbons (Fsp3) is 0.438. The Morgan fingerprint density at radius 2 is 2.00 bits per heavy atom. The number of halogens is 1. The Hall–Kier alpha value is -1.32. The molecule has 3 nitrogen and oxygen atoms in total. The number of nitrogens with one attached hydrogen (secondary N) is 1. The lowest BCUT2D eigenvalue weighted by Gasteiger charge is -2.20. The molecule has 0 saturated carbocycles. The molecule has 0 aliphatic heterocycles. The first-order valence-corrected chi connectivity index (χ1v) is 7.40. The molecule has 108 valence electrons. The van der Waals surface area contributed by atoms with E-state index in [1.54, 1.807) is 0 Å². The van der Waals surface area contributed by atoms with Gasteiger partial charge >= 0.3 is 0 Å². The van der Waals surface area contributed by atoms with Crippen molar-refractivity contribution >= 4 is 11.6 Å². The zero-order valence-electron chi connectivity index (χ0n) is 12.3. The Morgan fingerprint density at radius 3 is 2.60 bits per heavy atom. The highest BCUT2D eigenvalue weighted by Gasteiger charge is 2.16. The molecule has 0 radical (unpaired) electrons. The molecule has 0 amide bonds. The summed E-state index contributed by atoms with van der Waals surface area (Å²) in [6, 6.07) is 10.6. The van der Waals surface area contributed by atoms with Crippen molar-refractivity contribution in [2.45, 2.75) is 32.2 Å². The van der Waals surface area contributed by atoms with Crippen molar-refractivity contribution in [2.24, 2.45) is 7.05 Å². The molecule has 1 heterocycles. The van der Waals surface area contributed by atoms with Crippen LogP contribution in [-0.2, 0) is 13.5 Å². The molecule has 1 aromatic carbocycles. The van der Waals surface area contributed by atoms with Crippen LogP contribution in [0.15, 0.2) is 36.5 Å². The first-order valence-electron chi connectivity index (χ1n) is 7.02. The van der Waals surface area contributed by atoms with E-state index in [1.807, 2.05) is 36.1 Å². The summed E-state index contributed by atoms with van der Waals surface area (Å²) in [6.07, 6.45) is 2.87. The van der Waals surface area contributed by atoms with Crippen molar-refractivity contribution < 1.29 is 0 Å². The minimum absolute atomic E-state index is 0.334. The van der Waals surface area contributed by atoms with Crippen LogP contribution in [-0.4, -0.2) is 22.4 Å². The molecule has 0 aliphatic carbocycles. The molecule has 1 unspecified atom stereocenters. The second kappa shape index (κ2) is 6.91. The third-order valence-electron chi connectivity index (χ3n) is 3.34. The van der Waals surface area contributed by atoms with Crippen LogP contribution >= 0.6 is 11.6 Å². The summed E-state index contributed by atoms with van der Waals surface area (Å²) in [5.41, 5.74) is 2.29. The topological polar surface area (TPSA) is 29.9 Å². The number of benzene rings is 1. The van der Waals surface area contributed by atoms with Gasteiger partial charge in [-0.1, -0.05) is 43.6 Å². The fourth-order valence-corrected chi connectivity index (χ4v) is 2.59. The van der Waals surface area contributed by atoms with E-state index < -0.39 is 0 Å². The third kappa shape index (κ3) is 4.09. The van der Waals surface area contributed by atoms with Gasteiger partial charge in [0.25, 0.3) is 0 Å². The van der Waals surface area contributed by atoms with Crippen molar-refractivity contribution in [1.82, 2.24) is 15.1 Å². The molecule has 2 rings (SSSR count). The van der Waals surface area contributed by atoms with Gasteiger partial charge < -0.3 is 5.32 Å². The minimum Gasteiger partial charge on any atom is -0.314 e. The zero-order valence-corrected chi connectivity index (χ0v) is 13.1. The molecule has 4 heteroatoms. The van der Waals surface area contributed by atoms with E-state index in [9.17, 15) is 0 Å². The van der Waals surface area contributed by atoms with Crippen molar-refractivity contribution in [3.63, 3.8) is 0 Å². The lowest BCUT2D eigenvalue weighted by molar-refractivity contribution is 0.522. The number of hydrogen-bond acceptors (Lipinski definition) is 2. The van der Waals surface area contributed by atoms with Crippen molar-refractivity contribution in [1.29, 1.82) is 0 Å². The van der Waals surface area contributed by atoms with E-state index in [1.165, 1.54) is 5.56 Å².